The first-order chi connectivity index (χ1) is 15.2. The first-order valence-corrected chi connectivity index (χ1v) is 10.6. The summed E-state index contributed by atoms with van der Waals surface area (Å²) in [5, 5.41) is 0. The van der Waals surface area contributed by atoms with Gasteiger partial charge < -0.3 is 4.98 Å². The number of hydrogen-bond acceptors (Lipinski definition) is 2. The Morgan fingerprint density at radius 2 is 1.19 bits per heavy atom. The van der Waals surface area contributed by atoms with Gasteiger partial charge in [-0.2, -0.15) is 0 Å². The minimum atomic E-state index is -0.0625. The van der Waals surface area contributed by atoms with E-state index in [2.05, 4.69) is 17.1 Å². The van der Waals surface area contributed by atoms with E-state index >= 15 is 0 Å². The molecule has 0 aliphatic rings. The standard InChI is InChI=1S/C28H25NO2/c30-27(22-12-6-2-7-13-22)19-17-24-16-18-26(29-24)25(21-10-4-1-5-11-21)20-28(31)23-14-8-3-9-15-23/h1-16,18,25,29H,17,19-20H2. The van der Waals surface area contributed by atoms with Crippen molar-refractivity contribution < 1.29 is 9.59 Å². The third kappa shape index (κ3) is 5.26. The molecular weight excluding hydrogens is 382 g/mol. The van der Waals surface area contributed by atoms with Crippen molar-refractivity contribution in [1.29, 1.82) is 0 Å². The van der Waals surface area contributed by atoms with Gasteiger partial charge in [0, 0.05) is 41.3 Å². The fourth-order valence-electron chi connectivity index (χ4n) is 3.84. The minimum absolute atomic E-state index is 0.0625. The van der Waals surface area contributed by atoms with Gasteiger partial charge in [0.05, 0.1) is 0 Å². The normalized spacial score (nSPS) is 11.7. The van der Waals surface area contributed by atoms with Crippen LogP contribution in [0.25, 0.3) is 0 Å². The van der Waals surface area contributed by atoms with E-state index in [1.54, 1.807) is 0 Å². The van der Waals surface area contributed by atoms with Gasteiger partial charge in [-0.3, -0.25) is 9.59 Å². The van der Waals surface area contributed by atoms with Crippen molar-refractivity contribution >= 4 is 11.6 Å². The first kappa shape index (κ1) is 20.5. The van der Waals surface area contributed by atoms with E-state index in [1.807, 2.05) is 91.0 Å². The van der Waals surface area contributed by atoms with Crippen molar-refractivity contribution in [2.24, 2.45) is 0 Å². The number of ketones is 2. The number of aryl methyl sites for hydroxylation is 1. The predicted molar refractivity (Wildman–Crippen MR) is 124 cm³/mol. The lowest BCUT2D eigenvalue weighted by atomic mass is 9.89. The molecule has 1 N–H and O–H groups in total. The summed E-state index contributed by atoms with van der Waals surface area (Å²) in [5.74, 6) is 0.188. The zero-order valence-electron chi connectivity index (χ0n) is 17.3. The van der Waals surface area contributed by atoms with Gasteiger partial charge in [-0.05, 0) is 24.1 Å². The molecule has 3 nitrogen and oxygen atoms in total. The smallest absolute Gasteiger partial charge is 0.163 e. The van der Waals surface area contributed by atoms with Crippen LogP contribution in [0.5, 0.6) is 0 Å². The quantitative estimate of drug-likeness (QED) is 0.334. The van der Waals surface area contributed by atoms with Gasteiger partial charge in [0.15, 0.2) is 11.6 Å². The molecule has 0 saturated carbocycles. The lowest BCUT2D eigenvalue weighted by Crippen LogP contribution is -2.10. The molecule has 4 aromatic rings. The lowest BCUT2D eigenvalue weighted by Gasteiger charge is -2.16. The van der Waals surface area contributed by atoms with Gasteiger partial charge in [0.25, 0.3) is 0 Å². The molecule has 3 aromatic carbocycles. The Bertz CT molecular complexity index is 1130. The Labute approximate surface area is 182 Å². The molecule has 0 spiro atoms. The van der Waals surface area contributed by atoms with E-state index in [0.29, 0.717) is 19.3 Å². The zero-order valence-corrected chi connectivity index (χ0v) is 17.3. The van der Waals surface area contributed by atoms with Crippen LogP contribution in [0.4, 0.5) is 0 Å². The molecular formula is C28H25NO2. The Balaban J connectivity index is 1.50. The molecule has 31 heavy (non-hydrogen) atoms. The van der Waals surface area contributed by atoms with Crippen LogP contribution in [0.2, 0.25) is 0 Å². The second-order valence-corrected chi connectivity index (χ2v) is 7.68. The fraction of sp³-hybridized carbons (Fsp3) is 0.143. The molecule has 0 saturated heterocycles. The van der Waals surface area contributed by atoms with Crippen LogP contribution in [0, 0.1) is 0 Å². The van der Waals surface area contributed by atoms with Crippen molar-refractivity contribution in [3.05, 3.63) is 131 Å². The Morgan fingerprint density at radius 3 is 1.81 bits per heavy atom. The highest BCUT2D eigenvalue weighted by Gasteiger charge is 2.20. The van der Waals surface area contributed by atoms with Gasteiger partial charge in [-0.1, -0.05) is 91.0 Å². The summed E-state index contributed by atoms with van der Waals surface area (Å²) < 4.78 is 0. The average molecular weight is 408 g/mol. The van der Waals surface area contributed by atoms with E-state index < -0.39 is 0 Å². The molecule has 0 aliphatic carbocycles. The number of carbonyl (C=O) groups excluding carboxylic acids is 2. The van der Waals surface area contributed by atoms with E-state index in [0.717, 1.165) is 28.1 Å². The first-order valence-electron chi connectivity index (χ1n) is 10.6. The molecule has 0 fully saturated rings. The number of rotatable bonds is 9. The number of nitrogens with one attached hydrogen (secondary N) is 1. The maximum Gasteiger partial charge on any atom is 0.163 e. The van der Waals surface area contributed by atoms with Gasteiger partial charge in [0.1, 0.15) is 0 Å². The van der Waals surface area contributed by atoms with Gasteiger partial charge in [-0.15, -0.1) is 0 Å². The summed E-state index contributed by atoms with van der Waals surface area (Å²) in [7, 11) is 0. The summed E-state index contributed by atoms with van der Waals surface area (Å²) >= 11 is 0. The fourth-order valence-corrected chi connectivity index (χ4v) is 3.84. The molecule has 3 heteroatoms. The largest absolute Gasteiger partial charge is 0.362 e. The highest BCUT2D eigenvalue weighted by molar-refractivity contribution is 5.97. The van der Waals surface area contributed by atoms with E-state index in [1.165, 1.54) is 0 Å². The monoisotopic (exact) mass is 407 g/mol. The van der Waals surface area contributed by atoms with Crippen molar-refractivity contribution in [1.82, 2.24) is 4.98 Å². The van der Waals surface area contributed by atoms with Crippen LogP contribution in [-0.4, -0.2) is 16.6 Å². The average Bonchev–Trinajstić information content (AvgIpc) is 3.31. The summed E-state index contributed by atoms with van der Waals surface area (Å²) in [6, 6.07) is 33.0. The van der Waals surface area contributed by atoms with Gasteiger partial charge in [0.2, 0.25) is 0 Å². The van der Waals surface area contributed by atoms with Crippen LogP contribution < -0.4 is 0 Å². The molecule has 0 radical (unpaired) electrons. The van der Waals surface area contributed by atoms with Crippen molar-refractivity contribution in [3.8, 4) is 0 Å². The molecule has 4 rings (SSSR count). The van der Waals surface area contributed by atoms with Crippen LogP contribution in [-0.2, 0) is 6.42 Å². The summed E-state index contributed by atoms with van der Waals surface area (Å²) in [6.45, 7) is 0. The second-order valence-electron chi connectivity index (χ2n) is 7.68. The Hall–Kier alpha value is -3.72. The van der Waals surface area contributed by atoms with E-state index in [-0.39, 0.29) is 17.5 Å². The second kappa shape index (κ2) is 9.86. The third-order valence-electron chi connectivity index (χ3n) is 5.55. The number of aromatic nitrogens is 1. The topological polar surface area (TPSA) is 49.9 Å². The number of benzene rings is 3. The zero-order chi connectivity index (χ0) is 21.5. The van der Waals surface area contributed by atoms with Crippen LogP contribution in [0.15, 0.2) is 103 Å². The Kier molecular flexibility index (Phi) is 6.53. The summed E-state index contributed by atoms with van der Waals surface area (Å²) in [6.07, 6.45) is 1.47. The molecule has 0 aliphatic heterocycles. The lowest BCUT2D eigenvalue weighted by molar-refractivity contribution is 0.0972. The highest BCUT2D eigenvalue weighted by atomic mass is 16.1. The molecule has 1 aromatic heterocycles. The number of aromatic amines is 1. The highest BCUT2D eigenvalue weighted by Crippen LogP contribution is 2.29. The molecule has 1 heterocycles. The van der Waals surface area contributed by atoms with Crippen molar-refractivity contribution in [2.45, 2.75) is 25.2 Å². The molecule has 1 atom stereocenters. The molecule has 0 bridgehead atoms. The molecule has 154 valence electrons. The number of Topliss-reactive ketones (excluding diaryl/α,β-unsaturated/α-hetero) is 2. The van der Waals surface area contributed by atoms with Crippen molar-refractivity contribution in [3.63, 3.8) is 0 Å². The Morgan fingerprint density at radius 1 is 0.645 bits per heavy atom. The predicted octanol–water partition coefficient (Wildman–Crippen LogP) is 6.24. The van der Waals surface area contributed by atoms with Gasteiger partial charge in [-0.25, -0.2) is 0 Å². The summed E-state index contributed by atoms with van der Waals surface area (Å²) in [4.78, 5) is 28.8. The minimum Gasteiger partial charge on any atom is -0.362 e. The van der Waals surface area contributed by atoms with Gasteiger partial charge >= 0.3 is 0 Å². The van der Waals surface area contributed by atoms with E-state index in [9.17, 15) is 9.59 Å². The molecule has 1 unspecified atom stereocenters. The van der Waals surface area contributed by atoms with Crippen molar-refractivity contribution in [2.75, 3.05) is 0 Å². The number of hydrogen-bond donors (Lipinski definition) is 1. The SMILES string of the molecule is O=C(CCc1ccc(C(CC(=O)c2ccccc2)c2ccccc2)[nH]1)c1ccccc1. The van der Waals surface area contributed by atoms with E-state index in [4.69, 9.17) is 0 Å². The maximum atomic E-state index is 12.9. The maximum absolute atomic E-state index is 12.9. The van der Waals surface area contributed by atoms with Crippen LogP contribution in [0.3, 0.4) is 0 Å². The number of carbonyl (C=O) groups is 2. The number of H-pyrrole nitrogens is 1. The third-order valence-corrected chi connectivity index (χ3v) is 5.55. The van der Waals surface area contributed by atoms with Crippen LogP contribution >= 0.6 is 0 Å². The van der Waals surface area contributed by atoms with Crippen LogP contribution in [0.1, 0.15) is 56.4 Å². The molecule has 0 amide bonds. The summed E-state index contributed by atoms with van der Waals surface area (Å²) in [5.41, 5.74) is 4.57.